The van der Waals surface area contributed by atoms with Gasteiger partial charge in [-0.3, -0.25) is 4.79 Å². The summed E-state index contributed by atoms with van der Waals surface area (Å²) in [7, 11) is 0. The van der Waals surface area contributed by atoms with Crippen LogP contribution in [0.2, 0.25) is 0 Å². The molecule has 2 aromatic rings. The van der Waals surface area contributed by atoms with Gasteiger partial charge in [-0.15, -0.1) is 6.58 Å². The van der Waals surface area contributed by atoms with Crippen molar-refractivity contribution in [2.75, 3.05) is 13.1 Å². The average Bonchev–Trinajstić information content (AvgIpc) is 2.47. The highest BCUT2D eigenvalue weighted by Crippen LogP contribution is 2.23. The average molecular weight is 271 g/mol. The molecule has 0 N–H and O–H groups in total. The predicted octanol–water partition coefficient (Wildman–Crippen LogP) is 4.02. The SMILES string of the molecule is C=CCN(CCC)C(=O)c1ccc(F)c2ccccc12. The van der Waals surface area contributed by atoms with Crippen molar-refractivity contribution in [3.05, 3.63) is 60.4 Å². The van der Waals surface area contributed by atoms with Crippen LogP contribution in [-0.4, -0.2) is 23.9 Å². The van der Waals surface area contributed by atoms with E-state index >= 15 is 0 Å². The van der Waals surface area contributed by atoms with E-state index in [-0.39, 0.29) is 11.7 Å². The molecule has 0 aliphatic heterocycles. The van der Waals surface area contributed by atoms with Gasteiger partial charge < -0.3 is 4.90 Å². The summed E-state index contributed by atoms with van der Waals surface area (Å²) >= 11 is 0. The molecule has 104 valence electrons. The molecule has 20 heavy (non-hydrogen) atoms. The Balaban J connectivity index is 2.49. The summed E-state index contributed by atoms with van der Waals surface area (Å²) in [6.45, 7) is 6.86. The molecule has 0 aliphatic carbocycles. The standard InChI is InChI=1S/C17H18FNO/c1-3-11-19(12-4-2)17(20)15-9-10-16(18)14-8-6-5-7-13(14)15/h3,5-10H,1,4,11-12H2,2H3. The molecule has 0 fully saturated rings. The lowest BCUT2D eigenvalue weighted by atomic mass is 10.0. The lowest BCUT2D eigenvalue weighted by Crippen LogP contribution is -2.32. The van der Waals surface area contributed by atoms with Gasteiger partial charge in [-0.05, 0) is 23.9 Å². The molecule has 2 rings (SSSR count). The van der Waals surface area contributed by atoms with Gasteiger partial charge in [0.1, 0.15) is 5.82 Å². The van der Waals surface area contributed by atoms with E-state index in [0.29, 0.717) is 29.4 Å². The molecule has 0 saturated heterocycles. The van der Waals surface area contributed by atoms with E-state index in [1.165, 1.54) is 6.07 Å². The van der Waals surface area contributed by atoms with Crippen LogP contribution in [0.15, 0.2) is 49.1 Å². The molecular formula is C17H18FNO. The van der Waals surface area contributed by atoms with Gasteiger partial charge in [0.2, 0.25) is 0 Å². The topological polar surface area (TPSA) is 20.3 Å². The number of hydrogen-bond acceptors (Lipinski definition) is 1. The lowest BCUT2D eigenvalue weighted by Gasteiger charge is -2.21. The number of rotatable bonds is 5. The summed E-state index contributed by atoms with van der Waals surface area (Å²) < 4.78 is 13.8. The summed E-state index contributed by atoms with van der Waals surface area (Å²) in [5.41, 5.74) is 0.539. The fraction of sp³-hybridized carbons (Fsp3) is 0.235. The minimum Gasteiger partial charge on any atom is -0.335 e. The van der Waals surface area contributed by atoms with Gasteiger partial charge in [0, 0.05) is 24.0 Å². The Hall–Kier alpha value is -2.16. The fourth-order valence-corrected chi connectivity index (χ4v) is 2.32. The monoisotopic (exact) mass is 271 g/mol. The predicted molar refractivity (Wildman–Crippen MR) is 80.3 cm³/mol. The molecule has 0 saturated carbocycles. The van der Waals surface area contributed by atoms with Crippen molar-refractivity contribution in [2.24, 2.45) is 0 Å². The lowest BCUT2D eigenvalue weighted by molar-refractivity contribution is 0.0776. The van der Waals surface area contributed by atoms with Crippen LogP contribution in [0.5, 0.6) is 0 Å². The number of halogens is 1. The van der Waals surface area contributed by atoms with Crippen LogP contribution in [0.4, 0.5) is 4.39 Å². The van der Waals surface area contributed by atoms with Crippen molar-refractivity contribution in [1.82, 2.24) is 4.90 Å². The third-order valence-electron chi connectivity index (χ3n) is 3.23. The van der Waals surface area contributed by atoms with Gasteiger partial charge in [0.15, 0.2) is 0 Å². The first kappa shape index (κ1) is 14.3. The maximum Gasteiger partial charge on any atom is 0.254 e. The van der Waals surface area contributed by atoms with Crippen molar-refractivity contribution in [1.29, 1.82) is 0 Å². The van der Waals surface area contributed by atoms with Crippen molar-refractivity contribution in [3.8, 4) is 0 Å². The molecule has 0 atom stereocenters. The number of carbonyl (C=O) groups excluding carboxylic acids is 1. The molecule has 2 nitrogen and oxygen atoms in total. The Labute approximate surface area is 118 Å². The van der Waals surface area contributed by atoms with Crippen LogP contribution in [0, 0.1) is 5.82 Å². The first-order valence-electron chi connectivity index (χ1n) is 6.76. The minimum absolute atomic E-state index is 0.0806. The zero-order valence-electron chi connectivity index (χ0n) is 11.6. The Kier molecular flexibility index (Phi) is 4.51. The number of benzene rings is 2. The molecule has 0 aromatic heterocycles. The van der Waals surface area contributed by atoms with E-state index in [9.17, 15) is 9.18 Å². The van der Waals surface area contributed by atoms with E-state index in [2.05, 4.69) is 6.58 Å². The summed E-state index contributed by atoms with van der Waals surface area (Å²) in [6, 6.07) is 9.98. The maximum atomic E-state index is 13.8. The third kappa shape index (κ3) is 2.72. The molecule has 1 amide bonds. The first-order valence-corrected chi connectivity index (χ1v) is 6.76. The molecule has 3 heteroatoms. The second kappa shape index (κ2) is 6.33. The summed E-state index contributed by atoms with van der Waals surface area (Å²) in [5, 5.41) is 1.14. The Morgan fingerprint density at radius 2 is 1.95 bits per heavy atom. The Morgan fingerprint density at radius 3 is 2.60 bits per heavy atom. The molecular weight excluding hydrogens is 253 g/mol. The second-order valence-corrected chi connectivity index (χ2v) is 4.68. The molecule has 0 bridgehead atoms. The molecule has 2 aromatic carbocycles. The highest BCUT2D eigenvalue weighted by Gasteiger charge is 2.17. The number of hydrogen-bond donors (Lipinski definition) is 0. The van der Waals surface area contributed by atoms with E-state index in [0.717, 1.165) is 6.42 Å². The number of nitrogens with zero attached hydrogens (tertiary/aromatic N) is 1. The highest BCUT2D eigenvalue weighted by molar-refractivity contribution is 6.07. The van der Waals surface area contributed by atoms with E-state index in [4.69, 9.17) is 0 Å². The summed E-state index contributed by atoms with van der Waals surface area (Å²) in [5.74, 6) is -0.383. The van der Waals surface area contributed by atoms with Crippen molar-refractivity contribution in [3.63, 3.8) is 0 Å². The molecule has 0 spiro atoms. The maximum absolute atomic E-state index is 13.8. The van der Waals surface area contributed by atoms with Crippen LogP contribution in [0.25, 0.3) is 10.8 Å². The van der Waals surface area contributed by atoms with Gasteiger partial charge in [-0.2, -0.15) is 0 Å². The Morgan fingerprint density at radius 1 is 1.25 bits per heavy atom. The smallest absolute Gasteiger partial charge is 0.254 e. The normalized spacial score (nSPS) is 10.5. The van der Waals surface area contributed by atoms with Gasteiger partial charge in [0.05, 0.1) is 0 Å². The van der Waals surface area contributed by atoms with E-state index in [1.54, 1.807) is 35.2 Å². The molecule has 0 aliphatic rings. The minimum atomic E-state index is -0.303. The Bertz CT molecular complexity index is 636. The van der Waals surface area contributed by atoms with Crippen LogP contribution in [0.1, 0.15) is 23.7 Å². The van der Waals surface area contributed by atoms with Gasteiger partial charge in [-0.25, -0.2) is 4.39 Å². The van der Waals surface area contributed by atoms with Crippen molar-refractivity contribution < 1.29 is 9.18 Å². The number of amides is 1. The van der Waals surface area contributed by atoms with Crippen LogP contribution in [0.3, 0.4) is 0 Å². The van der Waals surface area contributed by atoms with E-state index < -0.39 is 0 Å². The highest BCUT2D eigenvalue weighted by atomic mass is 19.1. The quantitative estimate of drug-likeness (QED) is 0.752. The third-order valence-corrected chi connectivity index (χ3v) is 3.23. The van der Waals surface area contributed by atoms with Crippen LogP contribution in [-0.2, 0) is 0 Å². The van der Waals surface area contributed by atoms with Crippen LogP contribution < -0.4 is 0 Å². The second-order valence-electron chi connectivity index (χ2n) is 4.68. The van der Waals surface area contributed by atoms with Crippen LogP contribution >= 0.6 is 0 Å². The van der Waals surface area contributed by atoms with E-state index in [1.807, 2.05) is 13.0 Å². The number of fused-ring (bicyclic) bond motifs is 1. The summed E-state index contributed by atoms with van der Waals surface area (Å²) in [4.78, 5) is 14.3. The molecule has 0 radical (unpaired) electrons. The van der Waals surface area contributed by atoms with Gasteiger partial charge in [0.25, 0.3) is 5.91 Å². The molecule has 0 heterocycles. The zero-order chi connectivity index (χ0) is 14.5. The van der Waals surface area contributed by atoms with Crippen molar-refractivity contribution >= 4 is 16.7 Å². The summed E-state index contributed by atoms with van der Waals surface area (Å²) in [6.07, 6.45) is 2.58. The molecule has 0 unspecified atom stereocenters. The van der Waals surface area contributed by atoms with Gasteiger partial charge >= 0.3 is 0 Å². The van der Waals surface area contributed by atoms with Crippen molar-refractivity contribution in [2.45, 2.75) is 13.3 Å². The van der Waals surface area contributed by atoms with Gasteiger partial charge in [-0.1, -0.05) is 37.3 Å². The number of carbonyl (C=O) groups is 1. The fourth-order valence-electron chi connectivity index (χ4n) is 2.32. The zero-order valence-corrected chi connectivity index (χ0v) is 11.6. The first-order chi connectivity index (χ1) is 9.69. The largest absolute Gasteiger partial charge is 0.335 e.